The SMILES string of the molecule is C=CC(=O)OC.CC(=O)O.Clc1cccc(-c2ccccc2)c1Cl. The smallest absolute Gasteiger partial charge is 0.329 e. The fraction of sp³-hybridized carbons (Fsp3) is 0.111. The van der Waals surface area contributed by atoms with Crippen LogP contribution in [-0.2, 0) is 14.3 Å². The second kappa shape index (κ2) is 12.2. The van der Waals surface area contributed by atoms with Crippen molar-refractivity contribution in [3.63, 3.8) is 0 Å². The van der Waals surface area contributed by atoms with Gasteiger partial charge in [-0.1, -0.05) is 72.2 Å². The molecular formula is C18H18Cl2O4. The Kier molecular flexibility index (Phi) is 11.0. The van der Waals surface area contributed by atoms with Gasteiger partial charge in [0.05, 0.1) is 17.2 Å². The van der Waals surface area contributed by atoms with Crippen LogP contribution in [0.1, 0.15) is 6.92 Å². The molecular weight excluding hydrogens is 351 g/mol. The summed E-state index contributed by atoms with van der Waals surface area (Å²) in [7, 11) is 1.31. The standard InChI is InChI=1S/C12H8Cl2.C4H6O2.C2H4O2/c13-11-8-4-7-10(12(11)14)9-5-2-1-3-6-9;1-3-4(5)6-2;1-2(3)4/h1-8H;3H,1H2,2H3;1H3,(H,3,4). The van der Waals surface area contributed by atoms with Crippen molar-refractivity contribution in [3.8, 4) is 11.1 Å². The summed E-state index contributed by atoms with van der Waals surface area (Å²) in [4.78, 5) is 18.8. The number of carbonyl (C=O) groups is 2. The van der Waals surface area contributed by atoms with Crippen LogP contribution in [0, 0.1) is 0 Å². The summed E-state index contributed by atoms with van der Waals surface area (Å²) >= 11 is 12.0. The Morgan fingerprint density at radius 1 is 1.08 bits per heavy atom. The zero-order valence-electron chi connectivity index (χ0n) is 13.3. The molecule has 2 aromatic carbocycles. The Labute approximate surface area is 151 Å². The molecule has 128 valence electrons. The molecule has 0 spiro atoms. The number of carboxylic acid groups (broad SMARTS) is 1. The summed E-state index contributed by atoms with van der Waals surface area (Å²) < 4.78 is 4.14. The summed E-state index contributed by atoms with van der Waals surface area (Å²) in [5.41, 5.74) is 2.06. The molecule has 4 nitrogen and oxygen atoms in total. The molecule has 0 aliphatic carbocycles. The van der Waals surface area contributed by atoms with E-state index in [-0.39, 0.29) is 0 Å². The van der Waals surface area contributed by atoms with Gasteiger partial charge >= 0.3 is 5.97 Å². The summed E-state index contributed by atoms with van der Waals surface area (Å²) in [6.45, 7) is 4.24. The van der Waals surface area contributed by atoms with Crippen LogP contribution in [0.5, 0.6) is 0 Å². The normalized spacial score (nSPS) is 8.67. The minimum Gasteiger partial charge on any atom is -0.481 e. The maximum Gasteiger partial charge on any atom is 0.329 e. The molecule has 24 heavy (non-hydrogen) atoms. The Morgan fingerprint density at radius 3 is 2.04 bits per heavy atom. The Morgan fingerprint density at radius 2 is 1.62 bits per heavy atom. The minimum atomic E-state index is -0.833. The number of rotatable bonds is 2. The van der Waals surface area contributed by atoms with Gasteiger partial charge in [-0.15, -0.1) is 0 Å². The van der Waals surface area contributed by atoms with E-state index in [1.54, 1.807) is 6.07 Å². The van der Waals surface area contributed by atoms with Crippen LogP contribution in [0.4, 0.5) is 0 Å². The van der Waals surface area contributed by atoms with Gasteiger partial charge in [-0.2, -0.15) is 0 Å². The van der Waals surface area contributed by atoms with Crippen LogP contribution in [0.3, 0.4) is 0 Å². The molecule has 0 heterocycles. The molecule has 0 saturated heterocycles. The van der Waals surface area contributed by atoms with Gasteiger partial charge in [-0.3, -0.25) is 4.79 Å². The molecule has 6 heteroatoms. The number of methoxy groups -OCH3 is 1. The van der Waals surface area contributed by atoms with Crippen molar-refractivity contribution in [3.05, 3.63) is 71.2 Å². The third-order valence-corrected chi connectivity index (χ3v) is 3.22. The zero-order chi connectivity index (χ0) is 18.5. The first-order valence-electron chi connectivity index (χ1n) is 6.72. The predicted molar refractivity (Wildman–Crippen MR) is 97.4 cm³/mol. The maximum absolute atomic E-state index is 9.84. The lowest BCUT2D eigenvalue weighted by Crippen LogP contribution is -1.91. The van der Waals surface area contributed by atoms with Crippen LogP contribution >= 0.6 is 23.2 Å². The molecule has 2 rings (SSSR count). The Bertz CT molecular complexity index is 666. The molecule has 1 N–H and O–H groups in total. The molecule has 0 radical (unpaired) electrons. The number of aliphatic carboxylic acids is 1. The Balaban J connectivity index is 0.000000443. The molecule has 0 aliphatic rings. The third kappa shape index (κ3) is 8.98. The highest BCUT2D eigenvalue weighted by molar-refractivity contribution is 6.43. The number of ether oxygens (including phenoxy) is 1. The monoisotopic (exact) mass is 368 g/mol. The largest absolute Gasteiger partial charge is 0.481 e. The highest BCUT2D eigenvalue weighted by Gasteiger charge is 2.05. The lowest BCUT2D eigenvalue weighted by atomic mass is 10.1. The second-order valence-electron chi connectivity index (χ2n) is 4.21. The number of hydrogen-bond acceptors (Lipinski definition) is 3. The van der Waals surface area contributed by atoms with Crippen LogP contribution in [0.15, 0.2) is 61.2 Å². The minimum absolute atomic E-state index is 0.394. The van der Waals surface area contributed by atoms with E-state index in [0.29, 0.717) is 10.0 Å². The maximum atomic E-state index is 9.84. The number of benzene rings is 2. The van der Waals surface area contributed by atoms with E-state index >= 15 is 0 Å². The summed E-state index contributed by atoms with van der Waals surface area (Å²) in [5.74, 6) is -1.23. The van der Waals surface area contributed by atoms with E-state index in [9.17, 15) is 4.79 Å². The fourth-order valence-electron chi connectivity index (χ4n) is 1.43. The zero-order valence-corrected chi connectivity index (χ0v) is 14.8. The average Bonchev–Trinajstić information content (AvgIpc) is 2.57. The van der Waals surface area contributed by atoms with Gasteiger partial charge in [0.15, 0.2) is 0 Å². The van der Waals surface area contributed by atoms with Crippen molar-refractivity contribution in [1.29, 1.82) is 0 Å². The van der Waals surface area contributed by atoms with Crippen molar-refractivity contribution in [2.45, 2.75) is 6.92 Å². The van der Waals surface area contributed by atoms with Crippen molar-refractivity contribution < 1.29 is 19.4 Å². The molecule has 0 amide bonds. The van der Waals surface area contributed by atoms with Crippen LogP contribution < -0.4 is 0 Å². The Hall–Kier alpha value is -2.30. The molecule has 0 aliphatic heterocycles. The summed E-state index contributed by atoms with van der Waals surface area (Å²) in [6.07, 6.45) is 1.11. The van der Waals surface area contributed by atoms with Crippen LogP contribution in [0.25, 0.3) is 11.1 Å². The molecule has 0 aromatic heterocycles. The number of hydrogen-bond donors (Lipinski definition) is 1. The van der Waals surface area contributed by atoms with Gasteiger partial charge in [0.25, 0.3) is 5.97 Å². The lowest BCUT2D eigenvalue weighted by molar-refractivity contribution is -0.135. The van der Waals surface area contributed by atoms with Gasteiger partial charge in [0.2, 0.25) is 0 Å². The number of esters is 1. The molecule has 0 unspecified atom stereocenters. The quantitative estimate of drug-likeness (QED) is 0.591. The third-order valence-electron chi connectivity index (χ3n) is 2.40. The predicted octanol–water partition coefficient (Wildman–Crippen LogP) is 5.10. The first-order valence-corrected chi connectivity index (χ1v) is 7.48. The van der Waals surface area contributed by atoms with E-state index in [1.807, 2.05) is 42.5 Å². The average molecular weight is 369 g/mol. The van der Waals surface area contributed by atoms with E-state index < -0.39 is 11.9 Å². The van der Waals surface area contributed by atoms with Crippen molar-refractivity contribution >= 4 is 35.1 Å². The molecule has 0 bridgehead atoms. The van der Waals surface area contributed by atoms with Gasteiger partial charge in [-0.05, 0) is 11.6 Å². The van der Waals surface area contributed by atoms with Crippen LogP contribution in [0.2, 0.25) is 10.0 Å². The number of carboxylic acids is 1. The van der Waals surface area contributed by atoms with E-state index in [0.717, 1.165) is 24.1 Å². The second-order valence-corrected chi connectivity index (χ2v) is 5.00. The van der Waals surface area contributed by atoms with Crippen molar-refractivity contribution in [2.24, 2.45) is 0 Å². The van der Waals surface area contributed by atoms with Gasteiger partial charge in [-0.25, -0.2) is 4.79 Å². The highest BCUT2D eigenvalue weighted by Crippen LogP contribution is 2.32. The molecule has 0 atom stereocenters. The summed E-state index contributed by atoms with van der Waals surface area (Å²) in [6, 6.07) is 15.6. The van der Waals surface area contributed by atoms with Crippen molar-refractivity contribution in [2.75, 3.05) is 7.11 Å². The molecule has 0 saturated carbocycles. The van der Waals surface area contributed by atoms with Gasteiger partial charge in [0, 0.05) is 18.6 Å². The van der Waals surface area contributed by atoms with Gasteiger partial charge in [0.1, 0.15) is 0 Å². The lowest BCUT2D eigenvalue weighted by Gasteiger charge is -2.04. The van der Waals surface area contributed by atoms with Crippen molar-refractivity contribution in [1.82, 2.24) is 0 Å². The molecule has 0 fully saturated rings. The van der Waals surface area contributed by atoms with E-state index in [4.69, 9.17) is 33.1 Å². The number of halogens is 2. The highest BCUT2D eigenvalue weighted by atomic mass is 35.5. The van der Waals surface area contributed by atoms with Crippen LogP contribution in [-0.4, -0.2) is 24.2 Å². The van der Waals surface area contributed by atoms with Gasteiger partial charge < -0.3 is 9.84 Å². The first-order chi connectivity index (χ1) is 11.3. The van der Waals surface area contributed by atoms with E-state index in [2.05, 4.69) is 11.3 Å². The summed E-state index contributed by atoms with van der Waals surface area (Å²) in [5, 5.41) is 8.62. The van der Waals surface area contributed by atoms with E-state index in [1.165, 1.54) is 7.11 Å². The first kappa shape index (κ1) is 21.7. The number of carbonyl (C=O) groups excluding carboxylic acids is 1. The fourth-order valence-corrected chi connectivity index (χ4v) is 1.84. The molecule has 2 aromatic rings. The topological polar surface area (TPSA) is 63.6 Å².